The summed E-state index contributed by atoms with van der Waals surface area (Å²) in [5.41, 5.74) is -0.187. The summed E-state index contributed by atoms with van der Waals surface area (Å²) >= 11 is 3.00. The summed E-state index contributed by atoms with van der Waals surface area (Å²) in [6, 6.07) is 5.52. The number of nitriles is 1. The van der Waals surface area contributed by atoms with E-state index in [9.17, 15) is 12.8 Å². The highest BCUT2D eigenvalue weighted by atomic mass is 79.9. The molecule has 0 aromatic heterocycles. The molecule has 0 aliphatic heterocycles. The third-order valence-electron chi connectivity index (χ3n) is 1.47. The van der Waals surface area contributed by atoms with Crippen LogP contribution in [0.4, 0.5) is 10.1 Å². The number of nitrogens with zero attached hydrogens (tertiary/aromatic N) is 1. The van der Waals surface area contributed by atoms with Crippen molar-refractivity contribution in [2.24, 2.45) is 0 Å². The van der Waals surface area contributed by atoms with Crippen LogP contribution in [0.25, 0.3) is 0 Å². The number of hydrogen-bond acceptors (Lipinski definition) is 3. The predicted octanol–water partition coefficient (Wildman–Crippen LogP) is 1.85. The summed E-state index contributed by atoms with van der Waals surface area (Å²) in [5.74, 6) is -1.42. The van der Waals surface area contributed by atoms with Crippen molar-refractivity contribution in [1.29, 1.82) is 5.26 Å². The van der Waals surface area contributed by atoms with E-state index in [1.807, 2.05) is 4.72 Å². The molecule has 0 fully saturated rings. The SMILES string of the molecule is N#CCS(=O)(=O)Nc1c(F)cccc1Br. The lowest BCUT2D eigenvalue weighted by Gasteiger charge is -2.07. The van der Waals surface area contributed by atoms with Gasteiger partial charge in [0.1, 0.15) is 5.82 Å². The van der Waals surface area contributed by atoms with Crippen LogP contribution in [-0.4, -0.2) is 14.2 Å². The number of para-hydroxylation sites is 1. The maximum atomic E-state index is 13.2. The fourth-order valence-electron chi connectivity index (χ4n) is 0.872. The number of rotatable bonds is 3. The van der Waals surface area contributed by atoms with Crippen LogP contribution in [-0.2, 0) is 10.0 Å². The van der Waals surface area contributed by atoms with E-state index in [0.29, 0.717) is 0 Å². The van der Waals surface area contributed by atoms with Crippen LogP contribution in [0, 0.1) is 17.1 Å². The minimum absolute atomic E-state index is 0.187. The van der Waals surface area contributed by atoms with Crippen molar-refractivity contribution in [1.82, 2.24) is 0 Å². The summed E-state index contributed by atoms with van der Waals surface area (Å²) in [6.07, 6.45) is 0. The molecule has 1 N–H and O–H groups in total. The van der Waals surface area contributed by atoms with Crippen molar-refractivity contribution in [2.45, 2.75) is 0 Å². The molecule has 0 aliphatic carbocycles. The second-order valence-corrected chi connectivity index (χ2v) is 5.19. The van der Waals surface area contributed by atoms with Gasteiger partial charge in [0.25, 0.3) is 0 Å². The Balaban J connectivity index is 3.06. The first kappa shape index (κ1) is 11.9. The van der Waals surface area contributed by atoms with Gasteiger partial charge < -0.3 is 0 Å². The molecule has 0 amide bonds. The Morgan fingerprint density at radius 2 is 2.20 bits per heavy atom. The number of anilines is 1. The van der Waals surface area contributed by atoms with Crippen LogP contribution in [0.3, 0.4) is 0 Å². The number of sulfonamides is 1. The minimum Gasteiger partial charge on any atom is -0.279 e. The van der Waals surface area contributed by atoms with Gasteiger partial charge in [-0.25, -0.2) is 12.8 Å². The Labute approximate surface area is 94.9 Å². The van der Waals surface area contributed by atoms with Gasteiger partial charge >= 0.3 is 0 Å². The van der Waals surface area contributed by atoms with Crippen LogP contribution in [0.1, 0.15) is 0 Å². The van der Waals surface area contributed by atoms with Crippen LogP contribution >= 0.6 is 15.9 Å². The highest BCUT2D eigenvalue weighted by Crippen LogP contribution is 2.25. The normalized spacial score (nSPS) is 10.7. The summed E-state index contributed by atoms with van der Waals surface area (Å²) in [6.45, 7) is 0. The fraction of sp³-hybridized carbons (Fsp3) is 0.125. The van der Waals surface area contributed by atoms with E-state index < -0.39 is 21.6 Å². The van der Waals surface area contributed by atoms with Gasteiger partial charge in [-0.1, -0.05) is 6.07 Å². The number of halogens is 2. The van der Waals surface area contributed by atoms with Gasteiger partial charge in [0.05, 0.1) is 11.8 Å². The van der Waals surface area contributed by atoms with Crippen LogP contribution < -0.4 is 4.72 Å². The Bertz CT molecular complexity index is 490. The molecule has 0 unspecified atom stereocenters. The summed E-state index contributed by atoms with van der Waals surface area (Å²) < 4.78 is 37.8. The Kier molecular flexibility index (Phi) is 3.66. The number of nitrogens with one attached hydrogen (secondary N) is 1. The molecular formula is C8H6BrFN2O2S. The molecule has 0 aliphatic rings. The van der Waals surface area contributed by atoms with Crippen LogP contribution in [0.5, 0.6) is 0 Å². The summed E-state index contributed by atoms with van der Waals surface area (Å²) in [7, 11) is -3.81. The average Bonchev–Trinajstić information content (AvgIpc) is 2.11. The van der Waals surface area contributed by atoms with Gasteiger partial charge in [-0.05, 0) is 28.1 Å². The van der Waals surface area contributed by atoms with Crippen molar-refractivity contribution in [3.8, 4) is 6.07 Å². The maximum Gasteiger partial charge on any atom is 0.246 e. The molecular weight excluding hydrogens is 287 g/mol. The second kappa shape index (κ2) is 4.59. The Morgan fingerprint density at radius 1 is 1.53 bits per heavy atom. The molecule has 7 heteroatoms. The molecule has 0 heterocycles. The smallest absolute Gasteiger partial charge is 0.246 e. The van der Waals surface area contributed by atoms with E-state index in [1.165, 1.54) is 18.2 Å². The molecule has 0 spiro atoms. The van der Waals surface area contributed by atoms with Crippen LogP contribution in [0.15, 0.2) is 22.7 Å². The van der Waals surface area contributed by atoms with E-state index in [2.05, 4.69) is 15.9 Å². The lowest BCUT2D eigenvalue weighted by Crippen LogP contribution is -2.16. The Morgan fingerprint density at radius 3 is 2.73 bits per heavy atom. The van der Waals surface area contributed by atoms with E-state index in [-0.39, 0.29) is 10.2 Å². The van der Waals surface area contributed by atoms with Crippen molar-refractivity contribution in [3.05, 3.63) is 28.5 Å². The molecule has 1 aromatic rings. The van der Waals surface area contributed by atoms with Crippen molar-refractivity contribution >= 4 is 31.6 Å². The van der Waals surface area contributed by atoms with E-state index in [1.54, 1.807) is 0 Å². The highest BCUT2D eigenvalue weighted by molar-refractivity contribution is 9.10. The van der Waals surface area contributed by atoms with E-state index in [4.69, 9.17) is 5.26 Å². The zero-order valence-electron chi connectivity index (χ0n) is 7.37. The van der Waals surface area contributed by atoms with Crippen molar-refractivity contribution in [3.63, 3.8) is 0 Å². The predicted molar refractivity (Wildman–Crippen MR) is 57.1 cm³/mol. The average molecular weight is 293 g/mol. The van der Waals surface area contributed by atoms with Gasteiger partial charge in [-0.2, -0.15) is 5.26 Å². The molecule has 1 aromatic carbocycles. The van der Waals surface area contributed by atoms with Crippen LogP contribution in [0.2, 0.25) is 0 Å². The first-order chi connectivity index (χ1) is 6.96. The molecule has 1 rings (SSSR count). The molecule has 15 heavy (non-hydrogen) atoms. The topological polar surface area (TPSA) is 70.0 Å². The number of hydrogen-bond donors (Lipinski definition) is 1. The Hall–Kier alpha value is -1.13. The first-order valence-electron chi connectivity index (χ1n) is 3.78. The standard InChI is InChI=1S/C8H6BrFN2O2S/c9-6-2-1-3-7(10)8(6)12-15(13,14)5-4-11/h1-3,12H,5H2. The van der Waals surface area contributed by atoms with Crippen molar-refractivity contribution < 1.29 is 12.8 Å². The lowest BCUT2D eigenvalue weighted by molar-refractivity contribution is 0.601. The molecule has 0 saturated heterocycles. The summed E-state index contributed by atoms with van der Waals surface area (Å²) in [5, 5.41) is 8.24. The highest BCUT2D eigenvalue weighted by Gasteiger charge is 2.14. The largest absolute Gasteiger partial charge is 0.279 e. The third-order valence-corrected chi connectivity index (χ3v) is 3.16. The molecule has 0 radical (unpaired) electrons. The van der Waals surface area contributed by atoms with Gasteiger partial charge in [0.2, 0.25) is 10.0 Å². The zero-order chi connectivity index (χ0) is 11.5. The molecule has 0 atom stereocenters. The summed E-state index contributed by atoms with van der Waals surface area (Å²) in [4.78, 5) is 0. The second-order valence-electron chi connectivity index (χ2n) is 2.62. The van der Waals surface area contributed by atoms with Gasteiger partial charge in [0.15, 0.2) is 5.75 Å². The molecule has 0 bridgehead atoms. The maximum absolute atomic E-state index is 13.2. The van der Waals surface area contributed by atoms with Gasteiger partial charge in [-0.15, -0.1) is 0 Å². The molecule has 80 valence electrons. The first-order valence-corrected chi connectivity index (χ1v) is 6.22. The van der Waals surface area contributed by atoms with E-state index >= 15 is 0 Å². The number of benzene rings is 1. The van der Waals surface area contributed by atoms with Gasteiger partial charge in [0, 0.05) is 4.47 Å². The molecule has 0 saturated carbocycles. The monoisotopic (exact) mass is 292 g/mol. The van der Waals surface area contributed by atoms with Crippen molar-refractivity contribution in [2.75, 3.05) is 10.5 Å². The van der Waals surface area contributed by atoms with E-state index in [0.717, 1.165) is 6.07 Å². The molecule has 4 nitrogen and oxygen atoms in total. The third kappa shape index (κ3) is 3.18. The quantitative estimate of drug-likeness (QED) is 0.924. The minimum atomic E-state index is -3.81. The zero-order valence-corrected chi connectivity index (χ0v) is 9.77. The fourth-order valence-corrected chi connectivity index (χ4v) is 2.20. The van der Waals surface area contributed by atoms with Gasteiger partial charge in [-0.3, -0.25) is 4.72 Å². The lowest BCUT2D eigenvalue weighted by atomic mass is 10.3.